The molecule has 0 spiro atoms. The minimum atomic E-state index is -0.167. The first-order valence-electron chi connectivity index (χ1n) is 4.32. The second kappa shape index (κ2) is 5.95. The molecule has 1 rings (SSSR count). The largest absolute Gasteiger partial charge is 0.486 e. The number of aromatic nitrogens is 1. The van der Waals surface area contributed by atoms with Crippen LogP contribution in [0.25, 0.3) is 0 Å². The Morgan fingerprint density at radius 1 is 1.60 bits per heavy atom. The van der Waals surface area contributed by atoms with Gasteiger partial charge in [-0.15, -0.1) is 0 Å². The molecule has 0 aliphatic rings. The Bertz CT molecular complexity index is 366. The lowest BCUT2D eigenvalue weighted by Gasteiger charge is -2.09. The van der Waals surface area contributed by atoms with Crippen molar-refractivity contribution in [3.8, 4) is 5.75 Å². The van der Waals surface area contributed by atoms with Crippen LogP contribution in [0.5, 0.6) is 5.75 Å². The van der Waals surface area contributed by atoms with Gasteiger partial charge in [0.2, 0.25) is 0 Å². The van der Waals surface area contributed by atoms with Crippen molar-refractivity contribution in [1.82, 2.24) is 4.98 Å². The van der Waals surface area contributed by atoms with Crippen molar-refractivity contribution >= 4 is 23.2 Å². The highest BCUT2D eigenvalue weighted by Gasteiger charge is 2.05. The fourth-order valence-electron chi connectivity index (χ4n) is 1.02. The van der Waals surface area contributed by atoms with E-state index in [-0.39, 0.29) is 13.2 Å². The number of hydrogen-bond acceptors (Lipinski definition) is 3. The van der Waals surface area contributed by atoms with Crippen LogP contribution in [-0.4, -0.2) is 16.7 Å². The number of aliphatic hydroxyl groups excluding tert-OH is 1. The number of aliphatic hydroxyl groups is 1. The van der Waals surface area contributed by atoms with Gasteiger partial charge in [-0.1, -0.05) is 23.2 Å². The summed E-state index contributed by atoms with van der Waals surface area (Å²) in [6.07, 6.45) is 0. The topological polar surface area (TPSA) is 42.4 Å². The van der Waals surface area contributed by atoms with E-state index in [4.69, 9.17) is 33.0 Å². The Hall–Kier alpha value is -0.770. The maximum Gasteiger partial charge on any atom is 0.143 e. The highest BCUT2D eigenvalue weighted by atomic mass is 35.5. The van der Waals surface area contributed by atoms with Crippen LogP contribution in [0.1, 0.15) is 11.4 Å². The van der Waals surface area contributed by atoms with E-state index >= 15 is 0 Å². The van der Waals surface area contributed by atoms with Crippen LogP contribution in [0.15, 0.2) is 22.7 Å². The Morgan fingerprint density at radius 2 is 2.33 bits per heavy atom. The molecule has 0 bridgehead atoms. The predicted octanol–water partition coefficient (Wildman–Crippen LogP) is 2.58. The Balaban J connectivity index is 2.76. The fourth-order valence-corrected chi connectivity index (χ4v) is 1.14. The molecule has 1 aromatic heterocycles. The maximum absolute atomic E-state index is 9.05. The Labute approximate surface area is 98.3 Å². The van der Waals surface area contributed by atoms with E-state index in [9.17, 15) is 0 Å². The molecule has 0 amide bonds. The van der Waals surface area contributed by atoms with E-state index < -0.39 is 0 Å². The molecule has 0 aromatic carbocycles. The maximum atomic E-state index is 9.05. The lowest BCUT2D eigenvalue weighted by molar-refractivity contribution is 0.263. The molecule has 5 heteroatoms. The van der Waals surface area contributed by atoms with Crippen LogP contribution in [0, 0.1) is 6.92 Å². The summed E-state index contributed by atoms with van der Waals surface area (Å²) in [6.45, 7) is 1.84. The molecule has 0 aliphatic carbocycles. The van der Waals surface area contributed by atoms with Gasteiger partial charge in [0.15, 0.2) is 0 Å². The molecule has 0 unspecified atom stereocenters. The minimum Gasteiger partial charge on any atom is -0.486 e. The van der Waals surface area contributed by atoms with Crippen molar-refractivity contribution in [1.29, 1.82) is 0 Å². The van der Waals surface area contributed by atoms with Gasteiger partial charge in [-0.25, -0.2) is 0 Å². The van der Waals surface area contributed by atoms with Crippen molar-refractivity contribution in [3.05, 3.63) is 34.1 Å². The van der Waals surface area contributed by atoms with Crippen molar-refractivity contribution in [2.75, 3.05) is 6.61 Å². The molecule has 0 fully saturated rings. The van der Waals surface area contributed by atoms with Gasteiger partial charge in [0, 0.05) is 11.2 Å². The van der Waals surface area contributed by atoms with Crippen LogP contribution in [0.4, 0.5) is 0 Å². The molecule has 15 heavy (non-hydrogen) atoms. The molecule has 1 heterocycles. The molecule has 1 aromatic rings. The van der Waals surface area contributed by atoms with E-state index in [2.05, 4.69) is 4.98 Å². The average molecular weight is 248 g/mol. The number of hydrogen-bond donors (Lipinski definition) is 1. The highest BCUT2D eigenvalue weighted by molar-refractivity contribution is 6.36. The van der Waals surface area contributed by atoms with Crippen LogP contribution >= 0.6 is 23.2 Å². The molecular formula is C10H11Cl2NO2. The monoisotopic (exact) mass is 247 g/mol. The van der Waals surface area contributed by atoms with Crippen molar-refractivity contribution in [2.24, 2.45) is 0 Å². The number of nitrogens with zero attached hydrogens (tertiary/aromatic N) is 1. The summed E-state index contributed by atoms with van der Waals surface area (Å²) >= 11 is 11.0. The van der Waals surface area contributed by atoms with Crippen molar-refractivity contribution in [3.63, 3.8) is 0 Å². The molecule has 3 nitrogen and oxygen atoms in total. The van der Waals surface area contributed by atoms with Crippen LogP contribution in [0.3, 0.4) is 0 Å². The van der Waals surface area contributed by atoms with Gasteiger partial charge >= 0.3 is 0 Å². The van der Waals surface area contributed by atoms with Crippen LogP contribution < -0.4 is 4.74 Å². The van der Waals surface area contributed by atoms with E-state index in [0.717, 1.165) is 5.69 Å². The highest BCUT2D eigenvalue weighted by Crippen LogP contribution is 2.18. The lowest BCUT2D eigenvalue weighted by atomic mass is 10.3. The minimum absolute atomic E-state index is 0.167. The zero-order chi connectivity index (χ0) is 11.3. The predicted molar refractivity (Wildman–Crippen MR) is 60.2 cm³/mol. The molecule has 0 aliphatic heterocycles. The summed E-state index contributed by atoms with van der Waals surface area (Å²) < 4.78 is 5.33. The van der Waals surface area contributed by atoms with Gasteiger partial charge in [-0.05, 0) is 19.1 Å². The number of ether oxygens (including phenoxy) is 1. The first-order valence-corrected chi connectivity index (χ1v) is 5.13. The summed E-state index contributed by atoms with van der Waals surface area (Å²) in [4.78, 5) is 4.12. The van der Waals surface area contributed by atoms with Gasteiger partial charge in [-0.3, -0.25) is 4.98 Å². The third-order valence-electron chi connectivity index (χ3n) is 1.71. The van der Waals surface area contributed by atoms with E-state index in [0.29, 0.717) is 16.5 Å². The first kappa shape index (κ1) is 12.3. The smallest absolute Gasteiger partial charge is 0.143 e. The van der Waals surface area contributed by atoms with Crippen LogP contribution in [-0.2, 0) is 6.61 Å². The summed E-state index contributed by atoms with van der Waals surface area (Å²) in [6, 6.07) is 3.54. The second-order valence-electron chi connectivity index (χ2n) is 2.90. The summed E-state index contributed by atoms with van der Waals surface area (Å²) in [5, 5.41) is 9.44. The number of pyridine rings is 1. The third-order valence-corrected chi connectivity index (χ3v) is 2.30. The van der Waals surface area contributed by atoms with Crippen LogP contribution in [0.2, 0.25) is 0 Å². The normalized spacial score (nSPS) is 11.6. The molecule has 1 N–H and O–H groups in total. The van der Waals surface area contributed by atoms with Gasteiger partial charge in [0.1, 0.15) is 18.1 Å². The Kier molecular flexibility index (Phi) is 4.88. The quantitative estimate of drug-likeness (QED) is 0.890. The molecule has 0 radical (unpaired) electrons. The number of halogens is 2. The summed E-state index contributed by atoms with van der Waals surface area (Å²) in [7, 11) is 0. The Morgan fingerprint density at radius 3 is 2.93 bits per heavy atom. The van der Waals surface area contributed by atoms with Gasteiger partial charge < -0.3 is 9.84 Å². The molecular weight excluding hydrogens is 237 g/mol. The summed E-state index contributed by atoms with van der Waals surface area (Å²) in [5.41, 5.74) is 2.56. The number of rotatable bonds is 4. The lowest BCUT2D eigenvalue weighted by Crippen LogP contribution is -2.02. The average Bonchev–Trinajstić information content (AvgIpc) is 2.26. The third kappa shape index (κ3) is 3.70. The molecule has 0 saturated heterocycles. The first-order chi connectivity index (χ1) is 7.17. The number of aryl methyl sites for hydroxylation is 1. The SMILES string of the molecule is Cc1ccc(OCC(Cl)=CCl)c(CO)n1. The molecule has 0 saturated carbocycles. The molecule has 0 atom stereocenters. The second-order valence-corrected chi connectivity index (χ2v) is 3.60. The van der Waals surface area contributed by atoms with Crippen molar-refractivity contribution in [2.45, 2.75) is 13.5 Å². The summed E-state index contributed by atoms with van der Waals surface area (Å²) in [5.74, 6) is 0.514. The van der Waals surface area contributed by atoms with Gasteiger partial charge in [0.05, 0.1) is 11.6 Å². The van der Waals surface area contributed by atoms with E-state index in [1.165, 1.54) is 5.54 Å². The van der Waals surface area contributed by atoms with Crippen molar-refractivity contribution < 1.29 is 9.84 Å². The molecule has 82 valence electrons. The van der Waals surface area contributed by atoms with Gasteiger partial charge in [0.25, 0.3) is 0 Å². The van der Waals surface area contributed by atoms with E-state index in [1.54, 1.807) is 12.1 Å². The zero-order valence-electron chi connectivity index (χ0n) is 8.20. The fraction of sp³-hybridized carbons (Fsp3) is 0.300. The van der Waals surface area contributed by atoms with Gasteiger partial charge in [-0.2, -0.15) is 0 Å². The van der Waals surface area contributed by atoms with E-state index in [1.807, 2.05) is 6.92 Å². The zero-order valence-corrected chi connectivity index (χ0v) is 9.72. The standard InChI is InChI=1S/C10H11Cl2NO2/c1-7-2-3-10(9(5-14)13-7)15-6-8(12)4-11/h2-4,14H,5-6H2,1H3.